The van der Waals surface area contributed by atoms with Crippen molar-refractivity contribution in [2.75, 3.05) is 13.2 Å². The highest BCUT2D eigenvalue weighted by atomic mass is 16.6. The molecule has 0 unspecified atom stereocenters. The van der Waals surface area contributed by atoms with E-state index in [4.69, 9.17) is 15.2 Å². The fourth-order valence-electron chi connectivity index (χ4n) is 1.65. The second-order valence-electron chi connectivity index (χ2n) is 5.19. The van der Waals surface area contributed by atoms with Gasteiger partial charge in [-0.25, -0.2) is 4.79 Å². The second kappa shape index (κ2) is 4.91. The Kier molecular flexibility index (Phi) is 3.98. The number of amides is 2. The average Bonchev–Trinajstić information content (AvgIpc) is 2.15. The molecule has 1 rings (SSSR count). The summed E-state index contributed by atoms with van der Waals surface area (Å²) in [7, 11) is 0. The number of hydrogen-bond donors (Lipinski definition) is 2. The first-order valence-electron chi connectivity index (χ1n) is 5.64. The number of nitrogens with one attached hydrogen (secondary N) is 1. The third-order valence-electron chi connectivity index (χ3n) is 2.56. The van der Waals surface area contributed by atoms with Crippen molar-refractivity contribution in [1.82, 2.24) is 5.32 Å². The largest absolute Gasteiger partial charge is 0.444 e. The summed E-state index contributed by atoms with van der Waals surface area (Å²) in [6.07, 6.45) is 0.126. The van der Waals surface area contributed by atoms with Gasteiger partial charge in [0.15, 0.2) is 0 Å². The Morgan fingerprint density at radius 1 is 1.29 bits per heavy atom. The van der Waals surface area contributed by atoms with Gasteiger partial charge in [0.2, 0.25) is 5.91 Å². The molecule has 0 radical (unpaired) electrons. The van der Waals surface area contributed by atoms with Crippen molar-refractivity contribution in [3.8, 4) is 0 Å². The summed E-state index contributed by atoms with van der Waals surface area (Å²) >= 11 is 0. The number of rotatable bonds is 2. The monoisotopic (exact) mass is 244 g/mol. The van der Waals surface area contributed by atoms with E-state index in [0.29, 0.717) is 26.1 Å². The fourth-order valence-corrected chi connectivity index (χ4v) is 1.65. The standard InChI is InChI=1S/C11H20N2O4/c1-10(2,3)17-9(15)13-11(8(12)14)4-6-16-7-5-11/h4-7H2,1-3H3,(H2,12,14)(H,13,15). The molecule has 98 valence electrons. The van der Waals surface area contributed by atoms with Crippen molar-refractivity contribution in [3.63, 3.8) is 0 Å². The molecule has 1 saturated heterocycles. The van der Waals surface area contributed by atoms with E-state index in [9.17, 15) is 9.59 Å². The van der Waals surface area contributed by atoms with E-state index in [-0.39, 0.29) is 0 Å². The van der Waals surface area contributed by atoms with Crippen LogP contribution < -0.4 is 11.1 Å². The molecule has 0 aromatic heterocycles. The van der Waals surface area contributed by atoms with E-state index in [1.165, 1.54) is 0 Å². The summed E-state index contributed by atoms with van der Waals surface area (Å²) in [5.41, 5.74) is 3.71. The van der Waals surface area contributed by atoms with Crippen LogP contribution in [0.1, 0.15) is 33.6 Å². The first-order chi connectivity index (χ1) is 7.75. The highest BCUT2D eigenvalue weighted by Gasteiger charge is 2.40. The van der Waals surface area contributed by atoms with Crippen LogP contribution in [0.15, 0.2) is 0 Å². The van der Waals surface area contributed by atoms with Gasteiger partial charge in [0, 0.05) is 26.1 Å². The van der Waals surface area contributed by atoms with E-state index < -0.39 is 23.1 Å². The van der Waals surface area contributed by atoms with Gasteiger partial charge in [0.25, 0.3) is 0 Å². The van der Waals surface area contributed by atoms with Crippen molar-refractivity contribution in [2.24, 2.45) is 5.73 Å². The third kappa shape index (κ3) is 3.89. The van der Waals surface area contributed by atoms with Crippen LogP contribution in [0.4, 0.5) is 4.79 Å². The molecule has 0 aromatic carbocycles. The van der Waals surface area contributed by atoms with Gasteiger partial charge in [-0.15, -0.1) is 0 Å². The number of carbonyl (C=O) groups excluding carboxylic acids is 2. The first-order valence-corrected chi connectivity index (χ1v) is 5.64. The summed E-state index contributed by atoms with van der Waals surface area (Å²) in [6, 6.07) is 0. The molecule has 0 atom stereocenters. The lowest BCUT2D eigenvalue weighted by atomic mass is 9.89. The van der Waals surface area contributed by atoms with E-state index in [1.54, 1.807) is 20.8 Å². The van der Waals surface area contributed by atoms with E-state index >= 15 is 0 Å². The van der Waals surface area contributed by atoms with Crippen LogP contribution in [-0.2, 0) is 14.3 Å². The minimum atomic E-state index is -1.04. The predicted octanol–water partition coefficient (Wildman–Crippen LogP) is 0.546. The summed E-state index contributed by atoms with van der Waals surface area (Å²) in [6.45, 7) is 6.08. The van der Waals surface area contributed by atoms with Gasteiger partial charge in [0.05, 0.1) is 0 Å². The van der Waals surface area contributed by atoms with Gasteiger partial charge < -0.3 is 20.5 Å². The Labute approximate surface area is 101 Å². The Morgan fingerprint density at radius 3 is 2.24 bits per heavy atom. The van der Waals surface area contributed by atoms with Crippen LogP contribution in [-0.4, -0.2) is 36.4 Å². The number of alkyl carbamates (subject to hydrolysis) is 1. The number of primary amides is 1. The minimum Gasteiger partial charge on any atom is -0.444 e. The maximum atomic E-state index is 11.7. The molecule has 1 aliphatic heterocycles. The summed E-state index contributed by atoms with van der Waals surface area (Å²) in [5.74, 6) is -0.549. The molecule has 17 heavy (non-hydrogen) atoms. The Balaban J connectivity index is 2.67. The van der Waals surface area contributed by atoms with Crippen LogP contribution in [0.25, 0.3) is 0 Å². The lowest BCUT2D eigenvalue weighted by Crippen LogP contribution is -2.60. The van der Waals surface area contributed by atoms with Crippen molar-refractivity contribution >= 4 is 12.0 Å². The lowest BCUT2D eigenvalue weighted by molar-refractivity contribution is -0.128. The Hall–Kier alpha value is -1.30. The Bertz CT molecular complexity index is 303. The fraction of sp³-hybridized carbons (Fsp3) is 0.818. The smallest absolute Gasteiger partial charge is 0.408 e. The van der Waals surface area contributed by atoms with Gasteiger partial charge in [-0.1, -0.05) is 0 Å². The molecule has 2 amide bonds. The van der Waals surface area contributed by atoms with E-state index in [1.807, 2.05) is 0 Å². The van der Waals surface area contributed by atoms with Crippen molar-refractivity contribution in [3.05, 3.63) is 0 Å². The van der Waals surface area contributed by atoms with Crippen molar-refractivity contribution < 1.29 is 19.1 Å². The zero-order valence-corrected chi connectivity index (χ0v) is 10.5. The highest BCUT2D eigenvalue weighted by Crippen LogP contribution is 2.21. The molecule has 0 bridgehead atoms. The van der Waals surface area contributed by atoms with Gasteiger partial charge in [-0.2, -0.15) is 0 Å². The molecule has 6 nitrogen and oxygen atoms in total. The molecule has 0 aromatic rings. The maximum absolute atomic E-state index is 11.7. The van der Waals surface area contributed by atoms with Gasteiger partial charge in [-0.05, 0) is 20.8 Å². The van der Waals surface area contributed by atoms with E-state index in [2.05, 4.69) is 5.32 Å². The molecule has 1 heterocycles. The van der Waals surface area contributed by atoms with Gasteiger partial charge in [-0.3, -0.25) is 4.79 Å². The number of nitrogens with two attached hydrogens (primary N) is 1. The average molecular weight is 244 g/mol. The normalized spacial score (nSPS) is 19.5. The zero-order valence-electron chi connectivity index (χ0n) is 10.5. The van der Waals surface area contributed by atoms with Gasteiger partial charge in [0.1, 0.15) is 11.1 Å². The topological polar surface area (TPSA) is 90.6 Å². The lowest BCUT2D eigenvalue weighted by Gasteiger charge is -2.35. The van der Waals surface area contributed by atoms with Crippen molar-refractivity contribution in [1.29, 1.82) is 0 Å². The molecule has 0 aliphatic carbocycles. The molecule has 1 aliphatic rings. The van der Waals surface area contributed by atoms with Crippen LogP contribution in [0, 0.1) is 0 Å². The molecular formula is C11H20N2O4. The minimum absolute atomic E-state index is 0.377. The molecule has 1 fully saturated rings. The molecule has 0 saturated carbocycles. The van der Waals surface area contributed by atoms with E-state index in [0.717, 1.165) is 0 Å². The van der Waals surface area contributed by atoms with Gasteiger partial charge >= 0.3 is 6.09 Å². The number of hydrogen-bond acceptors (Lipinski definition) is 4. The third-order valence-corrected chi connectivity index (χ3v) is 2.56. The number of carbonyl (C=O) groups is 2. The van der Waals surface area contributed by atoms with Crippen LogP contribution in [0.2, 0.25) is 0 Å². The maximum Gasteiger partial charge on any atom is 0.408 e. The quantitative estimate of drug-likeness (QED) is 0.742. The van der Waals surface area contributed by atoms with Crippen LogP contribution in [0.5, 0.6) is 0 Å². The van der Waals surface area contributed by atoms with Crippen LogP contribution >= 0.6 is 0 Å². The first kappa shape index (κ1) is 13.8. The summed E-state index contributed by atoms with van der Waals surface area (Å²) < 4.78 is 10.3. The Morgan fingerprint density at radius 2 is 1.82 bits per heavy atom. The predicted molar refractivity (Wildman–Crippen MR) is 61.3 cm³/mol. The van der Waals surface area contributed by atoms with Crippen LogP contribution in [0.3, 0.4) is 0 Å². The summed E-state index contributed by atoms with van der Waals surface area (Å²) in [4.78, 5) is 23.1. The SMILES string of the molecule is CC(C)(C)OC(=O)NC1(C(N)=O)CCOCC1. The molecule has 6 heteroatoms. The van der Waals surface area contributed by atoms with Crippen molar-refractivity contribution in [2.45, 2.75) is 44.8 Å². The molecular weight excluding hydrogens is 224 g/mol. The molecule has 0 spiro atoms. The second-order valence-corrected chi connectivity index (χ2v) is 5.19. The highest BCUT2D eigenvalue weighted by molar-refractivity contribution is 5.88. The molecule has 3 N–H and O–H groups in total. The zero-order chi connectivity index (χ0) is 13.1. The number of ether oxygens (including phenoxy) is 2. The summed E-state index contributed by atoms with van der Waals surface area (Å²) in [5, 5.41) is 2.57.